The van der Waals surface area contributed by atoms with E-state index in [2.05, 4.69) is 31.9 Å². The molecule has 1 fully saturated rings. The van der Waals surface area contributed by atoms with E-state index in [0.29, 0.717) is 6.73 Å². The highest BCUT2D eigenvalue weighted by Gasteiger charge is 2.29. The van der Waals surface area contributed by atoms with Gasteiger partial charge in [0.1, 0.15) is 23.6 Å². The van der Waals surface area contributed by atoms with Crippen LogP contribution in [-0.2, 0) is 20.8 Å². The van der Waals surface area contributed by atoms with Crippen molar-refractivity contribution < 1.29 is 19.0 Å². The number of piperidine rings is 1. The van der Waals surface area contributed by atoms with Crippen LogP contribution in [0.5, 0.6) is 5.75 Å². The van der Waals surface area contributed by atoms with Crippen molar-refractivity contribution in [2.45, 2.75) is 55.7 Å². The zero-order valence-electron chi connectivity index (χ0n) is 19.7. The molecule has 3 heterocycles. The molecule has 4 rings (SSSR count). The normalized spacial score (nSPS) is 17.3. The average Bonchev–Trinajstić information content (AvgIpc) is 2.84. The zero-order valence-corrected chi connectivity index (χ0v) is 20.6. The third kappa shape index (κ3) is 5.26. The Morgan fingerprint density at radius 3 is 2.67 bits per heavy atom. The Hall–Kier alpha value is -2.36. The van der Waals surface area contributed by atoms with Gasteiger partial charge in [0, 0.05) is 49.6 Å². The number of carbonyl (C=O) groups is 1. The lowest BCUT2D eigenvalue weighted by Gasteiger charge is -2.34. The fourth-order valence-corrected chi connectivity index (χ4v) is 5.14. The van der Waals surface area contributed by atoms with E-state index in [0.717, 1.165) is 71.6 Å². The van der Waals surface area contributed by atoms with Gasteiger partial charge in [0.25, 0.3) is 0 Å². The molecule has 9 heteroatoms. The highest BCUT2D eigenvalue weighted by atomic mass is 32.2. The van der Waals surface area contributed by atoms with Crippen LogP contribution in [0.4, 0.5) is 11.5 Å². The minimum Gasteiger partial charge on any atom is -0.496 e. The summed E-state index contributed by atoms with van der Waals surface area (Å²) in [5, 5.41) is 0.853. The molecule has 0 aliphatic carbocycles. The topological polar surface area (TPSA) is 77.0 Å². The Morgan fingerprint density at radius 2 is 1.97 bits per heavy atom. The number of nitrogens with zero attached hydrogens (tertiary/aromatic N) is 4. The number of benzene rings is 1. The summed E-state index contributed by atoms with van der Waals surface area (Å²) in [5.41, 5.74) is 2.16. The molecule has 1 saturated heterocycles. The number of aromatic nitrogens is 2. The van der Waals surface area contributed by atoms with Crippen LogP contribution >= 0.6 is 11.8 Å². The minimum absolute atomic E-state index is 0.0110. The van der Waals surface area contributed by atoms with Crippen molar-refractivity contribution in [3.8, 4) is 5.75 Å². The summed E-state index contributed by atoms with van der Waals surface area (Å²) in [4.78, 5) is 26.7. The second-order valence-corrected chi connectivity index (χ2v) is 9.52. The van der Waals surface area contributed by atoms with Crippen LogP contribution in [0.2, 0.25) is 0 Å². The molecule has 178 valence electrons. The van der Waals surface area contributed by atoms with Crippen LogP contribution in [0.15, 0.2) is 34.4 Å². The van der Waals surface area contributed by atoms with Crippen LogP contribution < -0.4 is 9.64 Å². The fraction of sp³-hybridized carbons (Fsp3) is 0.542. The Balaban J connectivity index is 1.49. The number of likely N-dealkylation sites (tertiary alicyclic amines) is 1. The van der Waals surface area contributed by atoms with E-state index in [1.807, 2.05) is 13.8 Å². The van der Waals surface area contributed by atoms with E-state index >= 15 is 0 Å². The number of carbonyl (C=O) groups excluding carboxylic acids is 1. The SMILES string of the molecule is CCC(C)C(=O)OC1CCN(Cc2cc3c(cc2OC)Sc2nccnc2N3COC)CC1. The number of methoxy groups -OCH3 is 2. The maximum Gasteiger partial charge on any atom is 0.308 e. The molecule has 0 spiro atoms. The molecule has 2 aliphatic rings. The second kappa shape index (κ2) is 10.7. The minimum atomic E-state index is -0.0774. The molecule has 1 aromatic heterocycles. The van der Waals surface area contributed by atoms with Crippen molar-refractivity contribution in [1.82, 2.24) is 14.9 Å². The summed E-state index contributed by atoms with van der Waals surface area (Å²) in [6.07, 6.45) is 5.93. The van der Waals surface area contributed by atoms with Crippen LogP contribution in [-0.4, -0.2) is 61.0 Å². The first kappa shape index (κ1) is 23.8. The van der Waals surface area contributed by atoms with Crippen LogP contribution in [0.25, 0.3) is 0 Å². The van der Waals surface area contributed by atoms with Gasteiger partial charge < -0.3 is 14.2 Å². The van der Waals surface area contributed by atoms with E-state index in [-0.39, 0.29) is 18.0 Å². The summed E-state index contributed by atoms with van der Waals surface area (Å²) in [6.45, 7) is 6.85. The van der Waals surface area contributed by atoms with Gasteiger partial charge in [0.2, 0.25) is 0 Å². The Morgan fingerprint density at radius 1 is 1.21 bits per heavy atom. The average molecular weight is 473 g/mol. The van der Waals surface area contributed by atoms with Gasteiger partial charge in [-0.05, 0) is 31.4 Å². The molecule has 0 bridgehead atoms. The Bertz CT molecular complexity index is 981. The number of hydrogen-bond donors (Lipinski definition) is 0. The molecule has 1 atom stereocenters. The summed E-state index contributed by atoms with van der Waals surface area (Å²) < 4.78 is 16.9. The predicted molar refractivity (Wildman–Crippen MR) is 127 cm³/mol. The molecule has 0 amide bonds. The molecular formula is C24H32N4O4S. The number of esters is 1. The van der Waals surface area contributed by atoms with Gasteiger partial charge in [-0.25, -0.2) is 9.97 Å². The lowest BCUT2D eigenvalue weighted by atomic mass is 10.0. The maximum absolute atomic E-state index is 12.1. The second-order valence-electron chi connectivity index (χ2n) is 8.49. The molecule has 0 saturated carbocycles. The largest absolute Gasteiger partial charge is 0.496 e. The highest BCUT2D eigenvalue weighted by Crippen LogP contribution is 2.48. The quantitative estimate of drug-likeness (QED) is 0.524. The highest BCUT2D eigenvalue weighted by molar-refractivity contribution is 7.99. The maximum atomic E-state index is 12.1. The summed E-state index contributed by atoms with van der Waals surface area (Å²) in [7, 11) is 3.39. The lowest BCUT2D eigenvalue weighted by Crippen LogP contribution is -2.38. The van der Waals surface area contributed by atoms with Crippen molar-refractivity contribution in [3.05, 3.63) is 30.1 Å². The number of hydrogen-bond acceptors (Lipinski definition) is 9. The van der Waals surface area contributed by atoms with Gasteiger partial charge in [-0.3, -0.25) is 14.6 Å². The number of rotatable bonds is 8. The molecular weight excluding hydrogens is 440 g/mol. The summed E-state index contributed by atoms with van der Waals surface area (Å²) in [6, 6.07) is 4.25. The Labute approximate surface area is 199 Å². The molecule has 33 heavy (non-hydrogen) atoms. The first-order valence-electron chi connectivity index (χ1n) is 11.4. The molecule has 1 unspecified atom stereocenters. The van der Waals surface area contributed by atoms with Gasteiger partial charge in [-0.1, -0.05) is 25.6 Å². The molecule has 0 N–H and O–H groups in total. The van der Waals surface area contributed by atoms with Gasteiger partial charge in [-0.15, -0.1) is 0 Å². The lowest BCUT2D eigenvalue weighted by molar-refractivity contribution is -0.155. The van der Waals surface area contributed by atoms with E-state index in [1.165, 1.54) is 0 Å². The van der Waals surface area contributed by atoms with E-state index in [1.54, 1.807) is 38.4 Å². The number of ether oxygens (including phenoxy) is 3. The van der Waals surface area contributed by atoms with Crippen molar-refractivity contribution in [2.24, 2.45) is 5.92 Å². The summed E-state index contributed by atoms with van der Waals surface area (Å²) >= 11 is 1.59. The van der Waals surface area contributed by atoms with Crippen molar-refractivity contribution in [2.75, 3.05) is 38.9 Å². The zero-order chi connectivity index (χ0) is 23.4. The summed E-state index contributed by atoms with van der Waals surface area (Å²) in [5.74, 6) is 1.55. The van der Waals surface area contributed by atoms with Gasteiger partial charge >= 0.3 is 5.97 Å². The van der Waals surface area contributed by atoms with E-state index in [9.17, 15) is 4.79 Å². The smallest absolute Gasteiger partial charge is 0.308 e. The standard InChI is InChI=1S/C24H32N4O4S/c1-5-16(2)24(29)32-18-6-10-27(11-7-18)14-17-12-19-21(13-20(17)31-4)33-23-22(25-8-9-26-23)28(19)15-30-3/h8-9,12-13,16,18H,5-7,10-11,14-15H2,1-4H3. The molecule has 1 aromatic carbocycles. The number of fused-ring (bicyclic) bond motifs is 2. The van der Waals surface area contributed by atoms with Crippen LogP contribution in [0.1, 0.15) is 38.7 Å². The van der Waals surface area contributed by atoms with E-state index < -0.39 is 0 Å². The molecule has 2 aromatic rings. The number of anilines is 2. The molecule has 2 aliphatic heterocycles. The molecule has 8 nitrogen and oxygen atoms in total. The van der Waals surface area contributed by atoms with Crippen molar-refractivity contribution in [1.29, 1.82) is 0 Å². The fourth-order valence-electron chi connectivity index (χ4n) is 4.13. The van der Waals surface area contributed by atoms with Crippen LogP contribution in [0.3, 0.4) is 0 Å². The third-order valence-electron chi connectivity index (χ3n) is 6.25. The van der Waals surface area contributed by atoms with Gasteiger partial charge in [0.15, 0.2) is 5.82 Å². The Kier molecular flexibility index (Phi) is 7.72. The van der Waals surface area contributed by atoms with Crippen LogP contribution in [0, 0.1) is 5.92 Å². The third-order valence-corrected chi connectivity index (χ3v) is 7.27. The monoisotopic (exact) mass is 472 g/mol. The molecule has 0 radical (unpaired) electrons. The van der Waals surface area contributed by atoms with Gasteiger partial charge in [0.05, 0.1) is 18.7 Å². The first-order chi connectivity index (χ1) is 16.0. The van der Waals surface area contributed by atoms with Crippen molar-refractivity contribution >= 4 is 29.2 Å². The van der Waals surface area contributed by atoms with E-state index in [4.69, 9.17) is 14.2 Å². The first-order valence-corrected chi connectivity index (χ1v) is 12.2. The van der Waals surface area contributed by atoms with Gasteiger partial charge in [-0.2, -0.15) is 0 Å². The van der Waals surface area contributed by atoms with Crippen molar-refractivity contribution in [3.63, 3.8) is 0 Å². The predicted octanol–water partition coefficient (Wildman–Crippen LogP) is 4.25.